The van der Waals surface area contributed by atoms with E-state index in [1.54, 1.807) is 12.1 Å². The summed E-state index contributed by atoms with van der Waals surface area (Å²) in [6.07, 6.45) is 3.17. The lowest BCUT2D eigenvalue weighted by Gasteiger charge is -2.32. The van der Waals surface area contributed by atoms with Crippen molar-refractivity contribution in [2.24, 2.45) is 0 Å². The summed E-state index contributed by atoms with van der Waals surface area (Å²) in [7, 11) is 0. The molecule has 1 fully saturated rings. The normalized spacial score (nSPS) is 13.8. The molecule has 164 valence electrons. The summed E-state index contributed by atoms with van der Waals surface area (Å²) >= 11 is 0. The Hall–Kier alpha value is -3.30. The van der Waals surface area contributed by atoms with E-state index in [9.17, 15) is 19.2 Å². The first kappa shape index (κ1) is 23.0. The van der Waals surface area contributed by atoms with Gasteiger partial charge in [-0.1, -0.05) is 6.58 Å². The summed E-state index contributed by atoms with van der Waals surface area (Å²) in [5.41, 5.74) is 0. The van der Waals surface area contributed by atoms with E-state index in [-0.39, 0.29) is 30.7 Å². The maximum absolute atomic E-state index is 12.3. The number of nitrogens with zero attached hydrogens (tertiary/aromatic N) is 2. The topological polar surface area (TPSA) is 132 Å². The Morgan fingerprint density at radius 2 is 1.87 bits per heavy atom. The molecule has 2 rings (SSSR count). The van der Waals surface area contributed by atoms with Crippen LogP contribution in [0.2, 0.25) is 0 Å². The molecule has 10 nitrogen and oxygen atoms in total. The molecule has 1 aromatic heterocycles. The monoisotopic (exact) mass is 420 g/mol. The van der Waals surface area contributed by atoms with Crippen molar-refractivity contribution in [2.45, 2.75) is 32.1 Å². The van der Waals surface area contributed by atoms with Gasteiger partial charge in [0.2, 0.25) is 23.6 Å². The maximum Gasteiger partial charge on any atom is 0.404 e. The summed E-state index contributed by atoms with van der Waals surface area (Å²) in [5.74, 6) is 0.428. The maximum atomic E-state index is 12.3. The minimum atomic E-state index is -1.03. The summed E-state index contributed by atoms with van der Waals surface area (Å²) in [6, 6.07) is 3.44. The SMILES string of the molecule is C=CC(=O)N1CCN(c2ccc(CCC(=O)NCCCCCNC(=O)O)o2)C(=O)C1. The number of carbonyl (C=O) groups is 4. The molecular formula is C20H28N4O6. The van der Waals surface area contributed by atoms with Crippen molar-refractivity contribution >= 4 is 29.7 Å². The van der Waals surface area contributed by atoms with Crippen molar-refractivity contribution in [3.8, 4) is 0 Å². The number of carboxylic acid groups (broad SMARTS) is 1. The van der Waals surface area contributed by atoms with Crippen molar-refractivity contribution in [3.05, 3.63) is 30.5 Å². The second-order valence-corrected chi connectivity index (χ2v) is 6.89. The predicted molar refractivity (Wildman–Crippen MR) is 109 cm³/mol. The average molecular weight is 420 g/mol. The zero-order valence-corrected chi connectivity index (χ0v) is 16.9. The van der Waals surface area contributed by atoms with E-state index in [2.05, 4.69) is 17.2 Å². The number of nitrogens with one attached hydrogen (secondary N) is 2. The number of carbonyl (C=O) groups excluding carboxylic acids is 3. The van der Waals surface area contributed by atoms with Crippen LogP contribution >= 0.6 is 0 Å². The van der Waals surface area contributed by atoms with E-state index >= 15 is 0 Å². The minimum Gasteiger partial charge on any atom is -0.465 e. The molecule has 0 radical (unpaired) electrons. The van der Waals surface area contributed by atoms with Crippen LogP contribution < -0.4 is 15.5 Å². The highest BCUT2D eigenvalue weighted by Gasteiger charge is 2.28. The van der Waals surface area contributed by atoms with Gasteiger partial charge in [-0.05, 0) is 31.4 Å². The van der Waals surface area contributed by atoms with Gasteiger partial charge in [0.1, 0.15) is 12.3 Å². The van der Waals surface area contributed by atoms with Gasteiger partial charge >= 0.3 is 6.09 Å². The molecule has 0 atom stereocenters. The van der Waals surface area contributed by atoms with Crippen LogP contribution in [0.3, 0.4) is 0 Å². The molecule has 3 N–H and O–H groups in total. The number of anilines is 1. The lowest BCUT2D eigenvalue weighted by atomic mass is 10.2. The molecule has 0 aromatic carbocycles. The first-order valence-corrected chi connectivity index (χ1v) is 9.94. The second kappa shape index (κ2) is 11.6. The molecule has 1 aliphatic rings. The van der Waals surface area contributed by atoms with Crippen molar-refractivity contribution in [2.75, 3.05) is 37.6 Å². The zero-order valence-electron chi connectivity index (χ0n) is 16.9. The fraction of sp³-hybridized carbons (Fsp3) is 0.500. The summed E-state index contributed by atoms with van der Waals surface area (Å²) in [4.78, 5) is 49.1. The Bertz CT molecular complexity index is 775. The summed E-state index contributed by atoms with van der Waals surface area (Å²) in [5, 5.41) is 13.6. The van der Waals surface area contributed by atoms with Crippen molar-refractivity contribution < 1.29 is 28.7 Å². The number of amides is 4. The van der Waals surface area contributed by atoms with Crippen LogP contribution in [0.15, 0.2) is 29.2 Å². The van der Waals surface area contributed by atoms with Gasteiger partial charge in [-0.15, -0.1) is 0 Å². The van der Waals surface area contributed by atoms with Crippen LogP contribution in [0.1, 0.15) is 31.4 Å². The van der Waals surface area contributed by atoms with Gasteiger partial charge in [-0.3, -0.25) is 19.3 Å². The fourth-order valence-electron chi connectivity index (χ4n) is 3.04. The van der Waals surface area contributed by atoms with E-state index < -0.39 is 6.09 Å². The Kier molecular flexibility index (Phi) is 8.92. The number of hydrogen-bond donors (Lipinski definition) is 3. The van der Waals surface area contributed by atoms with E-state index in [1.807, 2.05) is 0 Å². The average Bonchev–Trinajstić information content (AvgIpc) is 3.19. The summed E-state index contributed by atoms with van der Waals surface area (Å²) < 4.78 is 5.70. The number of piperazine rings is 1. The van der Waals surface area contributed by atoms with E-state index in [0.717, 1.165) is 19.3 Å². The molecule has 0 unspecified atom stereocenters. The molecule has 1 aromatic rings. The molecule has 0 spiro atoms. The van der Waals surface area contributed by atoms with Crippen LogP contribution in [0.25, 0.3) is 0 Å². The van der Waals surface area contributed by atoms with Gasteiger partial charge in [0.25, 0.3) is 0 Å². The third-order valence-corrected chi connectivity index (χ3v) is 4.67. The van der Waals surface area contributed by atoms with Gasteiger partial charge in [0.05, 0.1) is 0 Å². The Labute approximate surface area is 174 Å². The predicted octanol–water partition coefficient (Wildman–Crippen LogP) is 1.13. The highest BCUT2D eigenvalue weighted by molar-refractivity contribution is 5.98. The van der Waals surface area contributed by atoms with E-state index in [0.29, 0.717) is 44.2 Å². The molecule has 1 saturated heterocycles. The molecule has 4 amide bonds. The lowest BCUT2D eigenvalue weighted by molar-refractivity contribution is -0.133. The van der Waals surface area contributed by atoms with E-state index in [4.69, 9.17) is 9.52 Å². The van der Waals surface area contributed by atoms with Crippen LogP contribution in [0, 0.1) is 0 Å². The molecule has 2 heterocycles. The van der Waals surface area contributed by atoms with Crippen molar-refractivity contribution in [1.82, 2.24) is 15.5 Å². The Morgan fingerprint density at radius 1 is 1.13 bits per heavy atom. The number of aryl methyl sites for hydroxylation is 1. The van der Waals surface area contributed by atoms with Gasteiger partial charge < -0.3 is 25.1 Å². The number of rotatable bonds is 11. The highest BCUT2D eigenvalue weighted by Crippen LogP contribution is 2.21. The molecule has 30 heavy (non-hydrogen) atoms. The number of hydrogen-bond acceptors (Lipinski definition) is 5. The Balaban J connectivity index is 1.66. The van der Waals surface area contributed by atoms with Gasteiger partial charge in [0.15, 0.2) is 0 Å². The third kappa shape index (κ3) is 7.26. The zero-order chi connectivity index (χ0) is 21.9. The van der Waals surface area contributed by atoms with Gasteiger partial charge in [0, 0.05) is 45.1 Å². The van der Waals surface area contributed by atoms with Crippen LogP contribution in [-0.2, 0) is 20.8 Å². The minimum absolute atomic E-state index is 0.0182. The molecule has 0 bridgehead atoms. The molecule has 10 heteroatoms. The second-order valence-electron chi connectivity index (χ2n) is 6.89. The molecule has 0 aliphatic carbocycles. The van der Waals surface area contributed by atoms with Crippen molar-refractivity contribution in [3.63, 3.8) is 0 Å². The molecular weight excluding hydrogens is 392 g/mol. The van der Waals surface area contributed by atoms with Crippen molar-refractivity contribution in [1.29, 1.82) is 0 Å². The largest absolute Gasteiger partial charge is 0.465 e. The molecule has 1 aliphatic heterocycles. The number of unbranched alkanes of at least 4 members (excludes halogenated alkanes) is 2. The van der Waals surface area contributed by atoms with Crippen LogP contribution in [0.4, 0.5) is 10.7 Å². The lowest BCUT2D eigenvalue weighted by Crippen LogP contribution is -2.52. The van der Waals surface area contributed by atoms with Gasteiger partial charge in [-0.2, -0.15) is 0 Å². The Morgan fingerprint density at radius 3 is 2.53 bits per heavy atom. The number of furan rings is 1. The first-order chi connectivity index (χ1) is 14.4. The quantitative estimate of drug-likeness (QED) is 0.363. The fourth-order valence-corrected chi connectivity index (χ4v) is 3.04. The first-order valence-electron chi connectivity index (χ1n) is 9.94. The van der Waals surface area contributed by atoms with E-state index in [1.165, 1.54) is 15.9 Å². The molecule has 0 saturated carbocycles. The van der Waals surface area contributed by atoms with Crippen LogP contribution in [-0.4, -0.2) is 66.5 Å². The third-order valence-electron chi connectivity index (χ3n) is 4.67. The smallest absolute Gasteiger partial charge is 0.404 e. The van der Waals surface area contributed by atoms with Crippen LogP contribution in [0.5, 0.6) is 0 Å². The van der Waals surface area contributed by atoms with Gasteiger partial charge in [-0.25, -0.2) is 4.79 Å². The summed E-state index contributed by atoms with van der Waals surface area (Å²) in [6.45, 7) is 5.10. The standard InChI is InChI=1S/C20H28N4O6/c1-2-17(26)23-12-13-24(18(27)14-23)19-9-7-15(30-19)6-8-16(25)21-10-4-3-5-11-22-20(28)29/h2,7,9,22H,1,3-6,8,10-14H2,(H,21,25)(H,28,29). The highest BCUT2D eigenvalue weighted by atomic mass is 16.4.